The van der Waals surface area contributed by atoms with E-state index in [2.05, 4.69) is 4.99 Å². The van der Waals surface area contributed by atoms with E-state index in [4.69, 9.17) is 16.2 Å². The molecule has 5 nitrogen and oxygen atoms in total. The van der Waals surface area contributed by atoms with Crippen molar-refractivity contribution in [3.05, 3.63) is 35.1 Å². The van der Waals surface area contributed by atoms with Gasteiger partial charge in [-0.15, -0.1) is 0 Å². The summed E-state index contributed by atoms with van der Waals surface area (Å²) in [5.74, 6) is -1.78. The lowest BCUT2D eigenvalue weighted by molar-refractivity contribution is -0.0563. The van der Waals surface area contributed by atoms with Crippen molar-refractivity contribution >= 4 is 11.9 Å². The number of benzene rings is 1. The molecule has 108 valence electrons. The van der Waals surface area contributed by atoms with Gasteiger partial charge in [0.25, 0.3) is 6.02 Å². The number of rotatable bonds is 3. The summed E-state index contributed by atoms with van der Waals surface area (Å²) in [5.41, 5.74) is 7.57. The molecule has 1 aliphatic rings. The Morgan fingerprint density at radius 2 is 2.25 bits per heavy atom. The molecule has 20 heavy (non-hydrogen) atoms. The maximum absolute atomic E-state index is 14.1. The van der Waals surface area contributed by atoms with E-state index in [1.165, 1.54) is 0 Å². The van der Waals surface area contributed by atoms with Gasteiger partial charge in [0.2, 0.25) is 11.5 Å². The molecule has 0 fully saturated rings. The topological polar surface area (TPSA) is 90.7 Å². The van der Waals surface area contributed by atoms with Crippen molar-refractivity contribution in [1.29, 1.82) is 0 Å². The maximum Gasteiger partial charge on any atom is 0.283 e. The van der Waals surface area contributed by atoms with Crippen LogP contribution in [0.25, 0.3) is 0 Å². The highest BCUT2D eigenvalue weighted by Crippen LogP contribution is 2.36. The highest BCUT2D eigenvalue weighted by molar-refractivity contribution is 5.93. The fraction of sp³-hybridized carbons (Fsp3) is 0.333. The van der Waals surface area contributed by atoms with Crippen molar-refractivity contribution in [1.82, 2.24) is 0 Å². The Morgan fingerprint density at radius 3 is 2.85 bits per heavy atom. The van der Waals surface area contributed by atoms with Gasteiger partial charge < -0.3 is 16.2 Å². The van der Waals surface area contributed by atoms with Gasteiger partial charge in [0.1, 0.15) is 12.5 Å². The van der Waals surface area contributed by atoms with Crippen molar-refractivity contribution in [2.75, 3.05) is 13.2 Å². The van der Waals surface area contributed by atoms with Crippen LogP contribution in [0.4, 0.5) is 13.2 Å². The minimum Gasteiger partial charge on any atom is -0.448 e. The van der Waals surface area contributed by atoms with E-state index in [0.29, 0.717) is 0 Å². The minimum absolute atomic E-state index is 0.0916. The number of nitrogens with two attached hydrogens (primary N) is 2. The van der Waals surface area contributed by atoms with Gasteiger partial charge in [-0.3, -0.25) is 4.79 Å². The molecule has 1 heterocycles. The molecule has 1 aromatic rings. The summed E-state index contributed by atoms with van der Waals surface area (Å²) in [4.78, 5) is 14.6. The second-order valence-electron chi connectivity index (χ2n) is 4.33. The first-order valence-corrected chi connectivity index (χ1v) is 5.69. The van der Waals surface area contributed by atoms with Crippen LogP contribution in [0.3, 0.4) is 0 Å². The molecule has 2 atom stereocenters. The Morgan fingerprint density at radius 1 is 1.55 bits per heavy atom. The Bertz CT molecular complexity index is 579. The van der Waals surface area contributed by atoms with Crippen molar-refractivity contribution in [2.24, 2.45) is 16.5 Å². The van der Waals surface area contributed by atoms with Crippen molar-refractivity contribution in [3.63, 3.8) is 0 Å². The number of ether oxygens (including phenoxy) is 1. The first kappa shape index (κ1) is 14.2. The number of hydrogen-bond acceptors (Lipinski definition) is 4. The average Bonchev–Trinajstić information content (AvgIpc) is 2.42. The summed E-state index contributed by atoms with van der Waals surface area (Å²) in [6, 6.07) is 2.52. The number of amides is 1. The van der Waals surface area contributed by atoms with Gasteiger partial charge in [0.05, 0.1) is 6.54 Å². The van der Waals surface area contributed by atoms with Crippen molar-refractivity contribution in [3.8, 4) is 0 Å². The number of amidine groups is 1. The Hall–Kier alpha value is -2.25. The predicted molar refractivity (Wildman–Crippen MR) is 65.0 cm³/mol. The van der Waals surface area contributed by atoms with Crippen molar-refractivity contribution in [2.45, 2.75) is 11.8 Å². The summed E-state index contributed by atoms with van der Waals surface area (Å²) in [6.07, 6.45) is -1.95. The van der Waals surface area contributed by atoms with E-state index < -0.39 is 48.3 Å². The lowest BCUT2D eigenvalue weighted by Gasteiger charge is -2.36. The smallest absolute Gasteiger partial charge is 0.283 e. The molecule has 0 spiro atoms. The molecule has 0 saturated heterocycles. The second-order valence-corrected chi connectivity index (χ2v) is 4.33. The van der Waals surface area contributed by atoms with E-state index in [9.17, 15) is 18.0 Å². The molecule has 1 amide bonds. The number of halogens is 3. The lowest BCUT2D eigenvalue weighted by Crippen LogP contribution is -2.50. The quantitative estimate of drug-likeness (QED) is 0.860. The van der Waals surface area contributed by atoms with E-state index in [1.54, 1.807) is 0 Å². The van der Waals surface area contributed by atoms with Gasteiger partial charge in [-0.25, -0.2) is 18.2 Å². The van der Waals surface area contributed by atoms with Gasteiger partial charge in [-0.2, -0.15) is 0 Å². The molecule has 0 saturated carbocycles. The molecule has 4 N–H and O–H groups in total. The zero-order chi connectivity index (χ0) is 14.9. The number of primary amides is 1. The molecule has 0 aromatic heterocycles. The molecule has 0 aliphatic carbocycles. The monoisotopic (exact) mass is 287 g/mol. The molecule has 1 aromatic carbocycles. The third-order valence-corrected chi connectivity index (χ3v) is 3.11. The number of hydrogen-bond donors (Lipinski definition) is 2. The average molecular weight is 287 g/mol. The Kier molecular flexibility index (Phi) is 3.56. The van der Waals surface area contributed by atoms with Gasteiger partial charge in [0, 0.05) is 11.1 Å². The summed E-state index contributed by atoms with van der Waals surface area (Å²) >= 11 is 0. The van der Waals surface area contributed by atoms with E-state index in [0.717, 1.165) is 18.2 Å². The summed E-state index contributed by atoms with van der Waals surface area (Å²) in [7, 11) is 0. The molecule has 0 radical (unpaired) electrons. The highest BCUT2D eigenvalue weighted by atomic mass is 19.1. The molecule has 0 bridgehead atoms. The van der Waals surface area contributed by atoms with E-state index in [1.807, 2.05) is 0 Å². The van der Waals surface area contributed by atoms with Crippen LogP contribution in [0, 0.1) is 5.82 Å². The number of aliphatic imine (C=N–C) groups is 1. The third-order valence-electron chi connectivity index (χ3n) is 3.11. The van der Waals surface area contributed by atoms with Gasteiger partial charge in [-0.1, -0.05) is 0 Å². The normalized spacial score (nSPS) is 25.8. The zero-order valence-electron chi connectivity index (χ0n) is 10.3. The molecule has 0 unspecified atom stereocenters. The van der Waals surface area contributed by atoms with Crippen LogP contribution >= 0.6 is 0 Å². The minimum atomic E-state index is -2.26. The Balaban J connectivity index is 2.59. The first-order valence-electron chi connectivity index (χ1n) is 5.69. The standard InChI is InChI=1S/C12H12F3N3O2/c13-5-12(9(15)4-18-11(17)20-12)7-3-6(10(16)19)1-2-8(7)14/h1-3,9H,4-5H2,(H2,16,19)(H2,17,18)/t9-,12+/m0/s1. The van der Waals surface area contributed by atoms with Crippen molar-refractivity contribution < 1.29 is 22.7 Å². The number of nitrogens with zero attached hydrogens (tertiary/aromatic N) is 1. The number of alkyl halides is 2. The van der Waals surface area contributed by atoms with Crippen LogP contribution in [0.5, 0.6) is 0 Å². The number of carbonyl (C=O) groups excluding carboxylic acids is 1. The predicted octanol–water partition coefficient (Wildman–Crippen LogP) is 0.772. The van der Waals surface area contributed by atoms with E-state index >= 15 is 0 Å². The second kappa shape index (κ2) is 5.03. The molecule has 8 heteroatoms. The summed E-state index contributed by atoms with van der Waals surface area (Å²) in [5, 5.41) is 0. The van der Waals surface area contributed by atoms with Crippen LogP contribution < -0.4 is 11.5 Å². The maximum atomic E-state index is 14.1. The van der Waals surface area contributed by atoms with E-state index in [-0.39, 0.29) is 5.56 Å². The third kappa shape index (κ3) is 2.17. The van der Waals surface area contributed by atoms with Crippen LogP contribution in [-0.2, 0) is 10.3 Å². The first-order chi connectivity index (χ1) is 9.40. The molecule has 2 rings (SSSR count). The lowest BCUT2D eigenvalue weighted by atomic mass is 9.87. The van der Waals surface area contributed by atoms with Gasteiger partial charge in [0.15, 0.2) is 6.17 Å². The molecule has 1 aliphatic heterocycles. The fourth-order valence-electron chi connectivity index (χ4n) is 2.01. The van der Waals surface area contributed by atoms with Crippen LogP contribution in [-0.4, -0.2) is 31.3 Å². The van der Waals surface area contributed by atoms with Crippen LogP contribution in [0.1, 0.15) is 15.9 Å². The SMILES string of the molecule is NC(=O)c1ccc(F)c([C@@]2(CF)OC(N)=NC[C@@H]2F)c1. The van der Waals surface area contributed by atoms with Crippen LogP contribution in [0.2, 0.25) is 0 Å². The summed E-state index contributed by atoms with van der Waals surface area (Å²) < 4.78 is 46.3. The zero-order valence-corrected chi connectivity index (χ0v) is 10.3. The molecular weight excluding hydrogens is 275 g/mol. The van der Waals surface area contributed by atoms with Gasteiger partial charge >= 0.3 is 0 Å². The van der Waals surface area contributed by atoms with Crippen LogP contribution in [0.15, 0.2) is 23.2 Å². The summed E-state index contributed by atoms with van der Waals surface area (Å²) in [6.45, 7) is -1.83. The Labute approximate surface area is 112 Å². The van der Waals surface area contributed by atoms with Gasteiger partial charge in [-0.05, 0) is 18.2 Å². The molecular formula is C12H12F3N3O2. The highest BCUT2D eigenvalue weighted by Gasteiger charge is 2.48. The largest absolute Gasteiger partial charge is 0.448 e. The fourth-order valence-corrected chi connectivity index (χ4v) is 2.01. The number of carbonyl (C=O) groups is 1.